The Kier molecular flexibility index (Phi) is 9.34. The van der Waals surface area contributed by atoms with Gasteiger partial charge in [-0.15, -0.1) is 0 Å². The van der Waals surface area contributed by atoms with Crippen LogP contribution in [0.2, 0.25) is 0 Å². The van der Waals surface area contributed by atoms with Gasteiger partial charge in [-0.3, -0.25) is 0 Å². The highest BCUT2D eigenvalue weighted by atomic mass is 32.2. The Labute approximate surface area is 52.4 Å². The first-order valence-electron chi connectivity index (χ1n) is 2.46. The first-order chi connectivity index (χ1) is 3.64. The average molecular weight is 139 g/mol. The maximum atomic E-state index is 9.66. The lowest BCUT2D eigenvalue weighted by atomic mass is 11.0. The Bertz CT molecular complexity index is 90.2. The van der Waals surface area contributed by atoms with E-state index in [1.165, 1.54) is 14.1 Å². The highest BCUT2D eigenvalue weighted by Crippen LogP contribution is 1.64. The zero-order chi connectivity index (χ0) is 7.15. The Morgan fingerprint density at radius 2 is 1.25 bits per heavy atom. The summed E-state index contributed by atoms with van der Waals surface area (Å²) in [5.74, 6) is 0. The molecule has 0 radical (unpaired) electrons. The second-order valence-corrected chi connectivity index (χ2v) is 2.36. The monoisotopic (exact) mass is 139 g/mol. The maximum Gasteiger partial charge on any atom is 0.203 e. The van der Waals surface area contributed by atoms with Crippen LogP contribution in [0.3, 0.4) is 0 Å². The largest absolute Gasteiger partial charge is 0.215 e. The molecule has 0 fully saturated rings. The molecular weight excluding hydrogens is 126 g/mol. The standard InChI is InChI=1S/C2H7NO2S.C2H6/c1-3(2)6(4)5;1-2/h6H,1-2H3;1-2H3. The van der Waals surface area contributed by atoms with Crippen molar-refractivity contribution in [3.63, 3.8) is 0 Å². The number of rotatable bonds is 1. The molecule has 8 heavy (non-hydrogen) atoms. The lowest BCUT2D eigenvalue weighted by molar-refractivity contribution is 0.544. The van der Waals surface area contributed by atoms with Crippen molar-refractivity contribution in [3.05, 3.63) is 0 Å². The quantitative estimate of drug-likeness (QED) is 0.523. The third-order valence-corrected chi connectivity index (χ3v) is 0.980. The summed E-state index contributed by atoms with van der Waals surface area (Å²) in [5, 5.41) is 0. The van der Waals surface area contributed by atoms with Gasteiger partial charge in [0.2, 0.25) is 10.9 Å². The third-order valence-electron chi connectivity index (χ3n) is 0.327. The van der Waals surface area contributed by atoms with Crippen molar-refractivity contribution in [1.82, 2.24) is 4.31 Å². The molecule has 0 heterocycles. The number of hydrogen-bond donors (Lipinski definition) is 1. The van der Waals surface area contributed by atoms with E-state index >= 15 is 0 Å². The Morgan fingerprint density at radius 3 is 1.25 bits per heavy atom. The molecule has 0 aromatic rings. The van der Waals surface area contributed by atoms with Crippen LogP contribution in [0.25, 0.3) is 0 Å². The molecule has 0 spiro atoms. The lowest BCUT2D eigenvalue weighted by Crippen LogP contribution is -2.06. The summed E-state index contributed by atoms with van der Waals surface area (Å²) in [6, 6.07) is 0. The van der Waals surface area contributed by atoms with E-state index in [0.717, 1.165) is 4.31 Å². The average Bonchev–Trinajstić information content (AvgIpc) is 1.72. The molecule has 0 bridgehead atoms. The number of nitrogens with zero attached hydrogens (tertiary/aromatic N) is 1. The molecule has 0 saturated carbocycles. The first-order valence-corrected chi connectivity index (χ1v) is 3.59. The van der Waals surface area contributed by atoms with Crippen LogP contribution >= 0.6 is 0 Å². The van der Waals surface area contributed by atoms with E-state index in [1.807, 2.05) is 13.8 Å². The van der Waals surface area contributed by atoms with Crippen LogP contribution in [-0.4, -0.2) is 26.8 Å². The summed E-state index contributed by atoms with van der Waals surface area (Å²) < 4.78 is 20.4. The number of thiol groups is 1. The van der Waals surface area contributed by atoms with E-state index < -0.39 is 10.9 Å². The normalized spacial score (nSPS) is 8.75. The van der Waals surface area contributed by atoms with Crippen LogP contribution in [0.1, 0.15) is 13.8 Å². The molecule has 4 heteroatoms. The van der Waals surface area contributed by atoms with Gasteiger partial charge in [0.15, 0.2) is 0 Å². The first kappa shape index (κ1) is 10.8. The zero-order valence-corrected chi connectivity index (χ0v) is 6.61. The van der Waals surface area contributed by atoms with Crippen molar-refractivity contribution in [2.24, 2.45) is 0 Å². The fraction of sp³-hybridized carbons (Fsp3) is 1.00. The zero-order valence-electron chi connectivity index (χ0n) is 5.71. The van der Waals surface area contributed by atoms with Crippen LogP contribution in [0, 0.1) is 0 Å². The number of hydrogen-bond acceptors (Lipinski definition) is 2. The van der Waals surface area contributed by atoms with Gasteiger partial charge in [0.1, 0.15) is 0 Å². The minimum absolute atomic E-state index is 1.12. The summed E-state index contributed by atoms with van der Waals surface area (Å²) in [6.45, 7) is 4.00. The van der Waals surface area contributed by atoms with E-state index in [9.17, 15) is 8.42 Å². The van der Waals surface area contributed by atoms with Gasteiger partial charge < -0.3 is 0 Å². The van der Waals surface area contributed by atoms with Gasteiger partial charge in [0.05, 0.1) is 0 Å². The van der Waals surface area contributed by atoms with Crippen molar-refractivity contribution in [3.8, 4) is 0 Å². The molecule has 0 aromatic carbocycles. The summed E-state index contributed by atoms with van der Waals surface area (Å²) in [6.07, 6.45) is 0. The van der Waals surface area contributed by atoms with Gasteiger partial charge in [-0.25, -0.2) is 12.7 Å². The van der Waals surface area contributed by atoms with Gasteiger partial charge in [-0.2, -0.15) is 0 Å². The van der Waals surface area contributed by atoms with Gasteiger partial charge in [0.25, 0.3) is 0 Å². The lowest BCUT2D eigenvalue weighted by Gasteiger charge is -1.91. The minimum Gasteiger partial charge on any atom is -0.215 e. The van der Waals surface area contributed by atoms with Crippen LogP contribution in [0.5, 0.6) is 0 Å². The molecular formula is C4H13NO2S. The predicted octanol–water partition coefficient (Wildman–Crippen LogP) is 0.101. The predicted molar refractivity (Wildman–Crippen MR) is 35.3 cm³/mol. The Hall–Kier alpha value is -0.0900. The molecule has 0 amide bonds. The molecule has 0 rings (SSSR count). The molecule has 0 N–H and O–H groups in total. The van der Waals surface area contributed by atoms with Crippen molar-refractivity contribution < 1.29 is 8.42 Å². The van der Waals surface area contributed by atoms with Crippen molar-refractivity contribution in [2.75, 3.05) is 14.1 Å². The van der Waals surface area contributed by atoms with Gasteiger partial charge in [-0.05, 0) is 0 Å². The van der Waals surface area contributed by atoms with Crippen molar-refractivity contribution >= 4 is 10.9 Å². The molecule has 0 aliphatic carbocycles. The molecule has 0 aromatic heterocycles. The molecule has 0 aliphatic heterocycles. The highest BCUT2D eigenvalue weighted by Gasteiger charge is 1.81. The smallest absolute Gasteiger partial charge is 0.203 e. The molecule has 0 unspecified atom stereocenters. The van der Waals surface area contributed by atoms with Crippen LogP contribution < -0.4 is 0 Å². The van der Waals surface area contributed by atoms with Crippen LogP contribution in [-0.2, 0) is 10.9 Å². The van der Waals surface area contributed by atoms with Crippen LogP contribution in [0.15, 0.2) is 0 Å². The van der Waals surface area contributed by atoms with Gasteiger partial charge in [-0.1, -0.05) is 13.8 Å². The van der Waals surface area contributed by atoms with Crippen LogP contribution in [0.4, 0.5) is 0 Å². The second-order valence-electron chi connectivity index (χ2n) is 1.09. The Balaban J connectivity index is 0. The van der Waals surface area contributed by atoms with Crippen molar-refractivity contribution in [1.29, 1.82) is 0 Å². The van der Waals surface area contributed by atoms with Gasteiger partial charge in [0, 0.05) is 14.1 Å². The van der Waals surface area contributed by atoms with E-state index in [-0.39, 0.29) is 0 Å². The maximum absolute atomic E-state index is 9.66. The van der Waals surface area contributed by atoms with Crippen molar-refractivity contribution in [2.45, 2.75) is 13.8 Å². The topological polar surface area (TPSA) is 37.4 Å². The fourth-order valence-corrected chi connectivity index (χ4v) is 0. The summed E-state index contributed by atoms with van der Waals surface area (Å²) in [7, 11) is 0.630. The highest BCUT2D eigenvalue weighted by molar-refractivity contribution is 7.69. The van der Waals surface area contributed by atoms with Gasteiger partial charge >= 0.3 is 0 Å². The van der Waals surface area contributed by atoms with E-state index in [2.05, 4.69) is 0 Å². The minimum atomic E-state index is -2.33. The molecule has 0 aliphatic rings. The third kappa shape index (κ3) is 9.32. The van der Waals surface area contributed by atoms with E-state index in [1.54, 1.807) is 0 Å². The summed E-state index contributed by atoms with van der Waals surface area (Å²) >= 11 is 0. The molecule has 0 saturated heterocycles. The second kappa shape index (κ2) is 6.91. The van der Waals surface area contributed by atoms with E-state index in [4.69, 9.17) is 0 Å². The summed E-state index contributed by atoms with van der Waals surface area (Å²) in [5.41, 5.74) is 0. The molecule has 52 valence electrons. The Morgan fingerprint density at radius 1 is 1.12 bits per heavy atom. The molecule has 3 nitrogen and oxygen atoms in total. The SMILES string of the molecule is CC.CN(C)[SH](=O)=O. The fourth-order valence-electron chi connectivity index (χ4n) is 0. The molecule has 0 atom stereocenters. The van der Waals surface area contributed by atoms with E-state index in [0.29, 0.717) is 0 Å². The summed E-state index contributed by atoms with van der Waals surface area (Å²) in [4.78, 5) is 0.